The predicted molar refractivity (Wildman–Crippen MR) is 112 cm³/mol. The first-order valence-corrected chi connectivity index (χ1v) is 11.5. The van der Waals surface area contributed by atoms with Crippen molar-refractivity contribution in [2.75, 3.05) is 19.6 Å². The number of allylic oxidation sites excluding steroid dienone is 1. The molecule has 8 heteroatoms. The lowest BCUT2D eigenvalue weighted by Crippen LogP contribution is -2.54. The van der Waals surface area contributed by atoms with Gasteiger partial charge in [0, 0.05) is 25.7 Å². The molecule has 0 saturated carbocycles. The van der Waals surface area contributed by atoms with Gasteiger partial charge < -0.3 is 5.32 Å². The van der Waals surface area contributed by atoms with Gasteiger partial charge in [-0.2, -0.15) is 4.72 Å². The number of nitrogens with one attached hydrogen (secondary N) is 2. The molecule has 0 aliphatic carbocycles. The zero-order valence-electron chi connectivity index (χ0n) is 17.6. The highest BCUT2D eigenvalue weighted by Crippen LogP contribution is 2.16. The molecule has 2 rings (SSSR count). The topological polar surface area (TPSA) is 78.5 Å². The molecule has 0 unspecified atom stereocenters. The maximum absolute atomic E-state index is 13.9. The lowest BCUT2D eigenvalue weighted by atomic mass is 10.0. The summed E-state index contributed by atoms with van der Waals surface area (Å²) in [6.45, 7) is 10.3. The van der Waals surface area contributed by atoms with Gasteiger partial charge >= 0.3 is 0 Å². The number of rotatable bonds is 8. The van der Waals surface area contributed by atoms with Crippen molar-refractivity contribution < 1.29 is 17.6 Å². The highest BCUT2D eigenvalue weighted by atomic mass is 32.2. The number of amides is 1. The number of hydrogen-bond donors (Lipinski definition) is 2. The Hall–Kier alpha value is -1.77. The summed E-state index contributed by atoms with van der Waals surface area (Å²) in [6, 6.07) is 4.18. The van der Waals surface area contributed by atoms with E-state index in [2.05, 4.69) is 34.9 Å². The number of piperidine rings is 1. The quantitative estimate of drug-likeness (QED) is 0.628. The van der Waals surface area contributed by atoms with Crippen molar-refractivity contribution in [2.45, 2.75) is 57.5 Å². The second kappa shape index (κ2) is 10.3. The van der Waals surface area contributed by atoms with E-state index in [-0.39, 0.29) is 17.9 Å². The minimum Gasteiger partial charge on any atom is -0.352 e. The maximum Gasteiger partial charge on any atom is 0.244 e. The van der Waals surface area contributed by atoms with E-state index in [0.29, 0.717) is 0 Å². The van der Waals surface area contributed by atoms with Crippen LogP contribution in [0.25, 0.3) is 0 Å². The molecule has 1 fully saturated rings. The van der Waals surface area contributed by atoms with Gasteiger partial charge in [0.25, 0.3) is 0 Å². The Morgan fingerprint density at radius 1 is 1.24 bits per heavy atom. The van der Waals surface area contributed by atoms with Gasteiger partial charge in [0.15, 0.2) is 0 Å². The van der Waals surface area contributed by atoms with E-state index in [1.807, 2.05) is 0 Å². The van der Waals surface area contributed by atoms with Crippen LogP contribution in [0.15, 0.2) is 40.8 Å². The van der Waals surface area contributed by atoms with Gasteiger partial charge in [0.1, 0.15) is 16.8 Å². The molecule has 0 aromatic heterocycles. The Morgan fingerprint density at radius 3 is 2.41 bits per heavy atom. The summed E-state index contributed by atoms with van der Waals surface area (Å²) < 4.78 is 41.5. The molecule has 0 spiro atoms. The van der Waals surface area contributed by atoms with E-state index in [1.165, 1.54) is 23.8 Å². The molecule has 29 heavy (non-hydrogen) atoms. The molecule has 0 radical (unpaired) electrons. The molecule has 1 aliphatic heterocycles. The number of benzene rings is 1. The lowest BCUT2D eigenvalue weighted by Gasteiger charge is -2.33. The molecule has 1 aromatic rings. The minimum absolute atomic E-state index is 0.00432. The average Bonchev–Trinajstić information content (AvgIpc) is 2.65. The van der Waals surface area contributed by atoms with E-state index in [4.69, 9.17) is 0 Å². The molecule has 1 atom stereocenters. The Morgan fingerprint density at radius 2 is 1.86 bits per heavy atom. The van der Waals surface area contributed by atoms with Crippen LogP contribution in [0.3, 0.4) is 0 Å². The third-order valence-corrected chi connectivity index (χ3v) is 6.52. The van der Waals surface area contributed by atoms with Gasteiger partial charge in [0.05, 0.1) is 0 Å². The van der Waals surface area contributed by atoms with Crippen LogP contribution in [-0.4, -0.2) is 50.9 Å². The molecule has 1 heterocycles. The third-order valence-electron chi connectivity index (χ3n) is 5.05. The average molecular weight is 426 g/mol. The largest absolute Gasteiger partial charge is 0.352 e. The fourth-order valence-corrected chi connectivity index (χ4v) is 4.67. The lowest BCUT2D eigenvalue weighted by molar-refractivity contribution is -0.124. The molecule has 1 aliphatic rings. The Balaban J connectivity index is 1.98. The fourth-order valence-electron chi connectivity index (χ4n) is 3.25. The van der Waals surface area contributed by atoms with Crippen molar-refractivity contribution in [2.24, 2.45) is 5.92 Å². The highest BCUT2D eigenvalue weighted by Gasteiger charge is 2.31. The summed E-state index contributed by atoms with van der Waals surface area (Å²) in [6.07, 6.45) is 3.81. The molecular weight excluding hydrogens is 393 g/mol. The van der Waals surface area contributed by atoms with E-state index in [9.17, 15) is 17.6 Å². The summed E-state index contributed by atoms with van der Waals surface area (Å²) >= 11 is 0. The fraction of sp³-hybridized carbons (Fsp3) is 0.571. The van der Waals surface area contributed by atoms with Gasteiger partial charge in [-0.25, -0.2) is 12.8 Å². The number of sulfonamides is 1. The summed E-state index contributed by atoms with van der Waals surface area (Å²) in [4.78, 5) is 14.7. The highest BCUT2D eigenvalue weighted by molar-refractivity contribution is 7.89. The molecule has 2 N–H and O–H groups in total. The predicted octanol–water partition coefficient (Wildman–Crippen LogP) is 2.68. The van der Waals surface area contributed by atoms with Crippen molar-refractivity contribution in [3.63, 3.8) is 0 Å². The Kier molecular flexibility index (Phi) is 8.36. The van der Waals surface area contributed by atoms with E-state index in [0.717, 1.165) is 38.5 Å². The molecule has 6 nitrogen and oxygen atoms in total. The van der Waals surface area contributed by atoms with Crippen molar-refractivity contribution in [1.82, 2.24) is 14.9 Å². The second-order valence-corrected chi connectivity index (χ2v) is 9.82. The molecular formula is C21H32FN3O3S. The zero-order valence-corrected chi connectivity index (χ0v) is 18.4. The Labute approximate surface area is 173 Å². The maximum atomic E-state index is 13.9. The van der Waals surface area contributed by atoms with Crippen molar-refractivity contribution in [3.05, 3.63) is 41.7 Å². The first kappa shape index (κ1) is 23.5. The summed E-state index contributed by atoms with van der Waals surface area (Å²) in [7, 11) is -4.15. The second-order valence-electron chi connectivity index (χ2n) is 8.14. The smallest absolute Gasteiger partial charge is 0.244 e. The zero-order chi connectivity index (χ0) is 21.6. The van der Waals surface area contributed by atoms with Crippen molar-refractivity contribution >= 4 is 15.9 Å². The van der Waals surface area contributed by atoms with Crippen LogP contribution >= 0.6 is 0 Å². The normalized spacial score (nSPS) is 17.2. The van der Waals surface area contributed by atoms with Gasteiger partial charge in [-0.05, 0) is 44.7 Å². The SMILES string of the molecule is CC(C)=CCN1CCC(NC(=O)[C@@H](NS(=O)(=O)c2ccccc2F)C(C)C)CC1. The third kappa shape index (κ3) is 6.90. The molecule has 0 bridgehead atoms. The van der Waals surface area contributed by atoms with Gasteiger partial charge in [-0.15, -0.1) is 0 Å². The molecule has 1 saturated heterocycles. The number of nitrogens with zero attached hydrogens (tertiary/aromatic N) is 1. The first-order valence-electron chi connectivity index (χ1n) is 10.0. The van der Waals surface area contributed by atoms with Gasteiger partial charge in [0.2, 0.25) is 15.9 Å². The monoisotopic (exact) mass is 425 g/mol. The summed E-state index contributed by atoms with van der Waals surface area (Å²) in [5, 5.41) is 2.97. The standard InChI is InChI=1S/C21H32FN3O3S/c1-15(2)9-12-25-13-10-17(11-14-25)23-21(26)20(16(3)4)24-29(27,28)19-8-6-5-7-18(19)22/h5-9,16-17,20,24H,10-14H2,1-4H3,(H,23,26)/t20-/m0/s1. The van der Waals surface area contributed by atoms with Crippen LogP contribution in [0.5, 0.6) is 0 Å². The molecule has 1 amide bonds. The summed E-state index contributed by atoms with van der Waals surface area (Å²) in [5.41, 5.74) is 1.28. The molecule has 1 aromatic carbocycles. The Bertz CT molecular complexity index is 827. The van der Waals surface area contributed by atoms with Crippen LogP contribution in [0.4, 0.5) is 4.39 Å². The number of carbonyl (C=O) groups excluding carboxylic acids is 1. The van der Waals surface area contributed by atoms with Crippen molar-refractivity contribution in [3.8, 4) is 0 Å². The minimum atomic E-state index is -4.15. The van der Waals surface area contributed by atoms with E-state index >= 15 is 0 Å². The van der Waals surface area contributed by atoms with Crippen LogP contribution in [0.1, 0.15) is 40.5 Å². The van der Waals surface area contributed by atoms with Gasteiger partial charge in [-0.1, -0.05) is 37.6 Å². The van der Waals surface area contributed by atoms with Crippen LogP contribution in [0, 0.1) is 11.7 Å². The number of hydrogen-bond acceptors (Lipinski definition) is 4. The van der Waals surface area contributed by atoms with Gasteiger partial charge in [-0.3, -0.25) is 9.69 Å². The van der Waals surface area contributed by atoms with E-state index in [1.54, 1.807) is 13.8 Å². The first-order chi connectivity index (χ1) is 13.6. The molecule has 162 valence electrons. The number of carbonyl (C=O) groups is 1. The van der Waals surface area contributed by atoms with E-state index < -0.39 is 26.8 Å². The van der Waals surface area contributed by atoms with Crippen LogP contribution in [0.2, 0.25) is 0 Å². The van der Waals surface area contributed by atoms with Crippen molar-refractivity contribution in [1.29, 1.82) is 0 Å². The number of likely N-dealkylation sites (tertiary alicyclic amines) is 1. The summed E-state index contributed by atoms with van der Waals surface area (Å²) in [5.74, 6) is -1.50. The van der Waals surface area contributed by atoms with Crippen LogP contribution in [-0.2, 0) is 14.8 Å². The number of halogens is 1. The van der Waals surface area contributed by atoms with Crippen LogP contribution < -0.4 is 10.0 Å².